The highest BCUT2D eigenvalue weighted by atomic mass is 16.5. The van der Waals surface area contributed by atoms with Crippen molar-refractivity contribution in [3.63, 3.8) is 0 Å². The van der Waals surface area contributed by atoms with Gasteiger partial charge in [0.05, 0.1) is 11.2 Å². The quantitative estimate of drug-likeness (QED) is 0.851. The Kier molecular flexibility index (Phi) is 4.75. The molecule has 2 rings (SSSR count). The monoisotopic (exact) mass is 279 g/mol. The van der Waals surface area contributed by atoms with Crippen LogP contribution in [-0.2, 0) is 11.3 Å². The van der Waals surface area contributed by atoms with Gasteiger partial charge in [0, 0.05) is 39.1 Å². The fraction of sp³-hybridized carbons (Fsp3) is 0.533. The Morgan fingerprint density at radius 1 is 1.40 bits per heavy atom. The molecule has 5 heteroatoms. The van der Waals surface area contributed by atoms with Gasteiger partial charge in [-0.1, -0.05) is 12.1 Å². The number of hydrogen-bond donors (Lipinski definition) is 2. The van der Waals surface area contributed by atoms with Crippen LogP contribution >= 0.6 is 0 Å². The van der Waals surface area contributed by atoms with Crippen LogP contribution in [0, 0.1) is 0 Å². The molecule has 1 saturated heterocycles. The molecular weight excluding hydrogens is 258 g/mol. The average Bonchev–Trinajstić information content (AvgIpc) is 2.39. The fourth-order valence-corrected chi connectivity index (χ4v) is 2.58. The Morgan fingerprint density at radius 2 is 2.10 bits per heavy atom. The van der Waals surface area contributed by atoms with E-state index in [0.29, 0.717) is 44.7 Å². The van der Waals surface area contributed by atoms with Gasteiger partial charge in [-0.2, -0.15) is 0 Å². The van der Waals surface area contributed by atoms with Crippen LogP contribution in [0.15, 0.2) is 24.3 Å². The summed E-state index contributed by atoms with van der Waals surface area (Å²) >= 11 is 0. The molecule has 20 heavy (non-hydrogen) atoms. The lowest BCUT2D eigenvalue weighted by Crippen LogP contribution is -2.45. The van der Waals surface area contributed by atoms with Crippen LogP contribution in [0.1, 0.15) is 28.8 Å². The summed E-state index contributed by atoms with van der Waals surface area (Å²) in [6.07, 6.45) is 1.29. The minimum atomic E-state index is -0.919. The smallest absolute Gasteiger partial charge is 0.335 e. The average molecular weight is 279 g/mol. The molecular formula is C15H21NO4. The zero-order valence-electron chi connectivity index (χ0n) is 11.7. The molecule has 0 spiro atoms. The van der Waals surface area contributed by atoms with Crippen molar-refractivity contribution < 1.29 is 19.7 Å². The summed E-state index contributed by atoms with van der Waals surface area (Å²) < 4.78 is 5.26. The number of hydrogen-bond acceptors (Lipinski definition) is 4. The van der Waals surface area contributed by atoms with E-state index in [4.69, 9.17) is 9.84 Å². The Bertz CT molecular complexity index is 469. The number of nitrogens with zero attached hydrogens (tertiary/aromatic N) is 1. The number of likely N-dealkylation sites (N-methyl/N-ethyl adjacent to an activating group) is 1. The lowest BCUT2D eigenvalue weighted by Gasteiger charge is -2.35. The lowest BCUT2D eigenvalue weighted by molar-refractivity contribution is -0.0777. The van der Waals surface area contributed by atoms with E-state index in [1.807, 2.05) is 18.0 Å². The van der Waals surface area contributed by atoms with E-state index >= 15 is 0 Å². The Hall–Kier alpha value is -1.43. The highest BCUT2D eigenvalue weighted by molar-refractivity contribution is 5.87. The second-order valence-electron chi connectivity index (χ2n) is 5.51. The molecule has 0 aromatic heterocycles. The molecule has 2 N–H and O–H groups in total. The standard InChI is InChI=1S/C15H21NO4/c1-16(11-15(19)5-7-20-8-6-15)10-12-3-2-4-13(9-12)14(17)18/h2-4,9,19H,5-8,10-11H2,1H3,(H,17,18). The molecule has 0 saturated carbocycles. The minimum absolute atomic E-state index is 0.292. The number of benzene rings is 1. The van der Waals surface area contributed by atoms with E-state index in [2.05, 4.69) is 0 Å². The van der Waals surface area contributed by atoms with Gasteiger partial charge in [-0.15, -0.1) is 0 Å². The van der Waals surface area contributed by atoms with Crippen LogP contribution in [0.2, 0.25) is 0 Å². The SMILES string of the molecule is CN(Cc1cccc(C(=O)O)c1)CC1(O)CCOCC1. The van der Waals surface area contributed by atoms with Crippen molar-refractivity contribution in [2.24, 2.45) is 0 Å². The van der Waals surface area contributed by atoms with Gasteiger partial charge in [0.2, 0.25) is 0 Å². The largest absolute Gasteiger partial charge is 0.478 e. The van der Waals surface area contributed by atoms with Crippen molar-refractivity contribution in [1.82, 2.24) is 4.90 Å². The predicted octanol–water partition coefficient (Wildman–Crippen LogP) is 1.36. The Morgan fingerprint density at radius 3 is 2.75 bits per heavy atom. The number of aromatic carboxylic acids is 1. The van der Waals surface area contributed by atoms with Gasteiger partial charge in [0.15, 0.2) is 0 Å². The van der Waals surface area contributed by atoms with Crippen LogP contribution in [0.25, 0.3) is 0 Å². The Balaban J connectivity index is 1.95. The van der Waals surface area contributed by atoms with Crippen LogP contribution in [0.4, 0.5) is 0 Å². The van der Waals surface area contributed by atoms with Crippen LogP contribution in [0.3, 0.4) is 0 Å². The van der Waals surface area contributed by atoms with E-state index in [-0.39, 0.29) is 0 Å². The maximum absolute atomic E-state index is 10.9. The zero-order valence-corrected chi connectivity index (χ0v) is 11.7. The molecule has 0 aliphatic carbocycles. The van der Waals surface area contributed by atoms with E-state index in [1.165, 1.54) is 0 Å². The van der Waals surface area contributed by atoms with Crippen molar-refractivity contribution in [3.8, 4) is 0 Å². The number of carbonyl (C=O) groups is 1. The van der Waals surface area contributed by atoms with Gasteiger partial charge in [0.25, 0.3) is 0 Å². The zero-order chi connectivity index (χ0) is 14.6. The summed E-state index contributed by atoms with van der Waals surface area (Å²) in [7, 11) is 1.93. The number of aliphatic hydroxyl groups is 1. The van der Waals surface area contributed by atoms with E-state index < -0.39 is 11.6 Å². The fourth-order valence-electron chi connectivity index (χ4n) is 2.58. The van der Waals surface area contributed by atoms with Gasteiger partial charge in [0.1, 0.15) is 0 Å². The first-order valence-electron chi connectivity index (χ1n) is 6.79. The maximum Gasteiger partial charge on any atom is 0.335 e. The molecule has 110 valence electrons. The van der Waals surface area contributed by atoms with E-state index in [9.17, 15) is 9.90 Å². The first-order valence-corrected chi connectivity index (χ1v) is 6.79. The molecule has 1 aromatic carbocycles. The topological polar surface area (TPSA) is 70.0 Å². The van der Waals surface area contributed by atoms with Crippen molar-refractivity contribution in [2.45, 2.75) is 25.0 Å². The molecule has 0 radical (unpaired) electrons. The van der Waals surface area contributed by atoms with E-state index in [1.54, 1.807) is 18.2 Å². The van der Waals surface area contributed by atoms with E-state index in [0.717, 1.165) is 5.56 Å². The summed E-state index contributed by atoms with van der Waals surface area (Å²) in [5.41, 5.74) is 0.529. The molecule has 1 heterocycles. The summed E-state index contributed by atoms with van der Waals surface area (Å²) in [4.78, 5) is 13.0. The summed E-state index contributed by atoms with van der Waals surface area (Å²) in [6, 6.07) is 6.90. The predicted molar refractivity (Wildman–Crippen MR) is 74.7 cm³/mol. The van der Waals surface area contributed by atoms with Gasteiger partial charge in [-0.25, -0.2) is 4.79 Å². The van der Waals surface area contributed by atoms with Crippen molar-refractivity contribution in [2.75, 3.05) is 26.8 Å². The number of carboxylic acid groups (broad SMARTS) is 1. The molecule has 1 fully saturated rings. The van der Waals surface area contributed by atoms with Gasteiger partial charge in [-0.05, 0) is 24.7 Å². The molecule has 0 unspecified atom stereocenters. The molecule has 5 nitrogen and oxygen atoms in total. The number of rotatable bonds is 5. The van der Waals surface area contributed by atoms with Crippen molar-refractivity contribution in [3.05, 3.63) is 35.4 Å². The summed E-state index contributed by atoms with van der Waals surface area (Å²) in [6.45, 7) is 2.37. The Labute approximate surface area is 118 Å². The second-order valence-corrected chi connectivity index (χ2v) is 5.51. The highest BCUT2D eigenvalue weighted by Gasteiger charge is 2.30. The van der Waals surface area contributed by atoms with Gasteiger partial charge in [-0.3, -0.25) is 4.90 Å². The van der Waals surface area contributed by atoms with Crippen molar-refractivity contribution >= 4 is 5.97 Å². The number of carboxylic acids is 1. The normalized spacial score (nSPS) is 18.1. The minimum Gasteiger partial charge on any atom is -0.478 e. The maximum atomic E-state index is 10.9. The van der Waals surface area contributed by atoms with Crippen LogP contribution in [-0.4, -0.2) is 53.5 Å². The van der Waals surface area contributed by atoms with Gasteiger partial charge < -0.3 is 14.9 Å². The third kappa shape index (κ3) is 4.03. The third-order valence-electron chi connectivity index (χ3n) is 3.61. The molecule has 1 aromatic rings. The molecule has 0 amide bonds. The molecule has 0 bridgehead atoms. The van der Waals surface area contributed by atoms with Crippen LogP contribution in [0.5, 0.6) is 0 Å². The van der Waals surface area contributed by atoms with Crippen molar-refractivity contribution in [1.29, 1.82) is 0 Å². The molecule has 1 aliphatic rings. The highest BCUT2D eigenvalue weighted by Crippen LogP contribution is 2.22. The first-order chi connectivity index (χ1) is 9.48. The third-order valence-corrected chi connectivity index (χ3v) is 3.61. The van der Waals surface area contributed by atoms with Gasteiger partial charge >= 0.3 is 5.97 Å². The van der Waals surface area contributed by atoms with Crippen LogP contribution < -0.4 is 0 Å². The summed E-state index contributed by atoms with van der Waals surface area (Å²) in [5, 5.41) is 19.4. The summed E-state index contributed by atoms with van der Waals surface area (Å²) in [5.74, 6) is -0.919. The molecule has 1 aliphatic heterocycles. The second kappa shape index (κ2) is 6.35. The first kappa shape index (κ1) is 15.0. The number of ether oxygens (including phenoxy) is 1. The lowest BCUT2D eigenvalue weighted by atomic mass is 9.94. The molecule has 0 atom stereocenters.